The number of esters is 1. The van der Waals surface area contributed by atoms with E-state index in [9.17, 15) is 36.9 Å². The number of alkyl halides is 2. The van der Waals surface area contributed by atoms with Gasteiger partial charge in [0.25, 0.3) is 11.6 Å². The number of nitro benzene ring substituents is 1. The molecule has 2 aromatic carbocycles. The Kier molecular flexibility index (Phi) is 8.58. The minimum atomic E-state index is -4.29. The maximum atomic E-state index is 12.3. The van der Waals surface area contributed by atoms with E-state index in [1.54, 1.807) is 0 Å². The molecule has 0 saturated heterocycles. The lowest BCUT2D eigenvalue weighted by Gasteiger charge is -2.09. The number of nitro groups is 1. The first-order chi connectivity index (χ1) is 15.5. The smallest absolute Gasteiger partial charge is 0.387 e. The summed E-state index contributed by atoms with van der Waals surface area (Å²) in [6.07, 6.45) is 0. The van der Waals surface area contributed by atoms with Gasteiger partial charge in [-0.2, -0.15) is 13.5 Å². The molecule has 2 rings (SSSR count). The first-order valence-electron chi connectivity index (χ1n) is 8.98. The Morgan fingerprint density at radius 1 is 1.15 bits per heavy atom. The van der Waals surface area contributed by atoms with E-state index in [0.717, 1.165) is 12.1 Å². The Bertz CT molecular complexity index is 1130. The predicted molar refractivity (Wildman–Crippen MR) is 110 cm³/mol. The molecule has 0 spiro atoms. The maximum Gasteiger partial charge on any atom is 0.387 e. The lowest BCUT2D eigenvalue weighted by molar-refractivity contribution is -0.384. The van der Waals surface area contributed by atoms with Crippen LogP contribution in [0.25, 0.3) is 0 Å². The zero-order valence-electron chi connectivity index (χ0n) is 16.9. The molecule has 0 aliphatic rings. The van der Waals surface area contributed by atoms with Gasteiger partial charge in [-0.15, -0.1) is 0 Å². The van der Waals surface area contributed by atoms with E-state index < -0.39 is 57.2 Å². The second kappa shape index (κ2) is 11.1. The average molecular weight is 488 g/mol. The van der Waals surface area contributed by atoms with Gasteiger partial charge in [0.2, 0.25) is 10.0 Å². The van der Waals surface area contributed by atoms with E-state index in [2.05, 4.69) is 20.1 Å². The third-order valence-electron chi connectivity index (χ3n) is 3.88. The highest BCUT2D eigenvalue weighted by atomic mass is 32.2. The lowest BCUT2D eigenvalue weighted by Crippen LogP contribution is -2.32. The summed E-state index contributed by atoms with van der Waals surface area (Å²) in [5, 5.41) is 16.0. The minimum absolute atomic E-state index is 0.0977. The number of amides is 1. The molecule has 0 aliphatic heterocycles. The molecule has 3 N–H and O–H groups in total. The van der Waals surface area contributed by atoms with Crippen LogP contribution < -0.4 is 20.1 Å². The van der Waals surface area contributed by atoms with Gasteiger partial charge in [-0.1, -0.05) is 0 Å². The van der Waals surface area contributed by atoms with Crippen LogP contribution in [0.1, 0.15) is 0 Å². The molecule has 12 nitrogen and oxygen atoms in total. The van der Waals surface area contributed by atoms with Crippen molar-refractivity contribution in [1.29, 1.82) is 0 Å². The number of carbonyl (C=O) groups excluding carboxylic acids is 2. The fraction of sp³-hybridized carbons (Fsp3) is 0.222. The number of anilines is 2. The molecule has 0 aliphatic carbocycles. The first kappa shape index (κ1) is 25.4. The maximum absolute atomic E-state index is 12.3. The van der Waals surface area contributed by atoms with E-state index in [4.69, 9.17) is 0 Å². The number of ether oxygens (including phenoxy) is 2. The number of halogens is 2. The van der Waals surface area contributed by atoms with Gasteiger partial charge in [-0.05, 0) is 36.4 Å². The number of carbonyl (C=O) groups is 2. The second-order valence-electron chi connectivity index (χ2n) is 6.12. The van der Waals surface area contributed by atoms with Crippen LogP contribution >= 0.6 is 0 Å². The molecule has 0 aromatic heterocycles. The van der Waals surface area contributed by atoms with Crippen molar-refractivity contribution in [3.8, 4) is 5.75 Å². The van der Waals surface area contributed by atoms with Crippen LogP contribution in [-0.2, 0) is 24.3 Å². The van der Waals surface area contributed by atoms with Gasteiger partial charge in [0.05, 0.1) is 9.82 Å². The van der Waals surface area contributed by atoms with Crippen molar-refractivity contribution in [2.75, 3.05) is 30.8 Å². The van der Waals surface area contributed by atoms with Crippen molar-refractivity contribution >= 4 is 39.0 Å². The first-order valence-corrected chi connectivity index (χ1v) is 10.5. The Morgan fingerprint density at radius 2 is 1.82 bits per heavy atom. The summed E-state index contributed by atoms with van der Waals surface area (Å²) < 4.78 is 59.5. The number of nitrogens with zero attached hydrogens (tertiary/aromatic N) is 1. The van der Waals surface area contributed by atoms with Crippen molar-refractivity contribution in [2.24, 2.45) is 0 Å². The molecule has 0 atom stereocenters. The second-order valence-corrected chi connectivity index (χ2v) is 7.89. The number of rotatable bonds is 11. The average Bonchev–Trinajstić information content (AvgIpc) is 2.76. The third kappa shape index (κ3) is 7.65. The highest BCUT2D eigenvalue weighted by Crippen LogP contribution is 2.27. The molecule has 0 bridgehead atoms. The number of sulfonamides is 1. The van der Waals surface area contributed by atoms with Crippen molar-refractivity contribution < 1.29 is 41.2 Å². The van der Waals surface area contributed by atoms with Crippen LogP contribution in [-0.4, -0.2) is 52.0 Å². The summed E-state index contributed by atoms with van der Waals surface area (Å²) in [5.41, 5.74) is -0.168. The molecule has 178 valence electrons. The van der Waals surface area contributed by atoms with Crippen LogP contribution in [0.3, 0.4) is 0 Å². The van der Waals surface area contributed by atoms with E-state index >= 15 is 0 Å². The van der Waals surface area contributed by atoms with E-state index in [1.165, 1.54) is 37.4 Å². The monoisotopic (exact) mass is 488 g/mol. The summed E-state index contributed by atoms with van der Waals surface area (Å²) in [6, 6.07) is 8.07. The van der Waals surface area contributed by atoms with Crippen molar-refractivity contribution in [2.45, 2.75) is 11.5 Å². The number of benzene rings is 2. The number of nitrogens with one attached hydrogen (secondary N) is 3. The van der Waals surface area contributed by atoms with Crippen LogP contribution in [0.5, 0.6) is 5.75 Å². The molecule has 0 radical (unpaired) electrons. The normalized spacial score (nSPS) is 11.0. The van der Waals surface area contributed by atoms with Crippen LogP contribution in [0, 0.1) is 10.1 Å². The fourth-order valence-electron chi connectivity index (χ4n) is 2.39. The number of hydrogen-bond donors (Lipinski definition) is 3. The summed E-state index contributed by atoms with van der Waals surface area (Å²) in [5.74, 6) is -1.98. The van der Waals surface area contributed by atoms with Gasteiger partial charge in [0, 0.05) is 18.8 Å². The Labute approximate surface area is 186 Å². The quantitative estimate of drug-likeness (QED) is 0.242. The minimum Gasteiger partial charge on any atom is -0.455 e. The zero-order chi connectivity index (χ0) is 24.6. The third-order valence-corrected chi connectivity index (χ3v) is 5.28. The molecule has 15 heteroatoms. The van der Waals surface area contributed by atoms with Gasteiger partial charge >= 0.3 is 12.6 Å². The van der Waals surface area contributed by atoms with Crippen molar-refractivity contribution in [3.63, 3.8) is 0 Å². The molecule has 2 aromatic rings. The van der Waals surface area contributed by atoms with Gasteiger partial charge in [0.15, 0.2) is 6.61 Å². The van der Waals surface area contributed by atoms with E-state index in [0.29, 0.717) is 0 Å². The summed E-state index contributed by atoms with van der Waals surface area (Å²) >= 11 is 0. The van der Waals surface area contributed by atoms with Crippen molar-refractivity contribution in [3.05, 3.63) is 52.6 Å². The molecular weight excluding hydrogens is 470 g/mol. The molecule has 0 unspecified atom stereocenters. The molecule has 1 amide bonds. The van der Waals surface area contributed by atoms with Crippen LogP contribution in [0.4, 0.5) is 25.8 Å². The van der Waals surface area contributed by atoms with Crippen molar-refractivity contribution in [1.82, 2.24) is 4.72 Å². The van der Waals surface area contributed by atoms with Gasteiger partial charge in [-0.25, -0.2) is 8.42 Å². The van der Waals surface area contributed by atoms with Gasteiger partial charge in [-0.3, -0.25) is 19.7 Å². The van der Waals surface area contributed by atoms with E-state index in [1.807, 2.05) is 4.72 Å². The zero-order valence-corrected chi connectivity index (χ0v) is 17.7. The highest BCUT2D eigenvalue weighted by Gasteiger charge is 2.22. The molecule has 0 saturated carbocycles. The van der Waals surface area contributed by atoms with Crippen LogP contribution in [0.2, 0.25) is 0 Å². The summed E-state index contributed by atoms with van der Waals surface area (Å²) in [4.78, 5) is 33.4. The fourth-order valence-corrected chi connectivity index (χ4v) is 3.38. The molecule has 0 heterocycles. The SMILES string of the molecule is CNc1ccc(S(=O)(=O)NCC(=O)OCC(=O)Nc2ccc(OC(F)F)cc2)cc1[N+](=O)[O-]. The Morgan fingerprint density at radius 3 is 2.39 bits per heavy atom. The standard InChI is InChI=1S/C18H18F2N4O8S/c1-21-14-7-6-13(8-15(14)24(27)28)33(29,30)22-9-17(26)31-10-16(25)23-11-2-4-12(5-3-11)32-18(19)20/h2-8,18,21-22H,9-10H2,1H3,(H,23,25). The Hall–Kier alpha value is -3.85. The van der Waals surface area contributed by atoms with Gasteiger partial charge < -0.3 is 20.1 Å². The van der Waals surface area contributed by atoms with E-state index in [-0.39, 0.29) is 17.1 Å². The summed E-state index contributed by atoms with van der Waals surface area (Å²) in [6.45, 7) is -4.58. The topological polar surface area (TPSA) is 166 Å². The summed E-state index contributed by atoms with van der Waals surface area (Å²) in [7, 11) is -2.86. The Balaban J connectivity index is 1.86. The van der Waals surface area contributed by atoms with Gasteiger partial charge in [0.1, 0.15) is 18.0 Å². The lowest BCUT2D eigenvalue weighted by atomic mass is 10.3. The largest absolute Gasteiger partial charge is 0.455 e. The number of hydrogen-bond acceptors (Lipinski definition) is 9. The molecule has 33 heavy (non-hydrogen) atoms. The predicted octanol–water partition coefficient (Wildman–Crippen LogP) is 1.70. The highest BCUT2D eigenvalue weighted by molar-refractivity contribution is 7.89. The molecule has 0 fully saturated rings. The van der Waals surface area contributed by atoms with Crippen LogP contribution in [0.15, 0.2) is 47.4 Å². The molecular formula is C18H18F2N4O8S.